The number of aromatic nitrogens is 4. The Morgan fingerprint density at radius 1 is 1.03 bits per heavy atom. The highest BCUT2D eigenvalue weighted by molar-refractivity contribution is 7.99. The third-order valence-corrected chi connectivity index (χ3v) is 5.82. The predicted octanol–water partition coefficient (Wildman–Crippen LogP) is 3.66. The van der Waals surface area contributed by atoms with Crippen molar-refractivity contribution in [3.8, 4) is 17.2 Å². The van der Waals surface area contributed by atoms with Crippen LogP contribution in [-0.4, -0.2) is 40.8 Å². The van der Waals surface area contributed by atoms with Crippen molar-refractivity contribution < 1.29 is 14.2 Å². The number of hydrogen-bond donors (Lipinski definition) is 2. The number of aryl methyl sites for hydroxylation is 2. The minimum absolute atomic E-state index is 0.153. The molecule has 0 aliphatic rings. The fourth-order valence-electron chi connectivity index (χ4n) is 3.29. The zero-order valence-corrected chi connectivity index (χ0v) is 18.3. The number of rotatable bonds is 8. The molecule has 31 heavy (non-hydrogen) atoms. The van der Waals surface area contributed by atoms with Crippen molar-refractivity contribution in [2.45, 2.75) is 23.0 Å². The minimum atomic E-state index is 0.153. The van der Waals surface area contributed by atoms with Gasteiger partial charge in [-0.1, -0.05) is 18.2 Å². The van der Waals surface area contributed by atoms with Gasteiger partial charge in [0.25, 0.3) is 0 Å². The Morgan fingerprint density at radius 2 is 1.84 bits per heavy atom. The van der Waals surface area contributed by atoms with Crippen molar-refractivity contribution in [3.63, 3.8) is 0 Å². The fraction of sp³-hybridized carbons (Fsp3) is 0.227. The van der Waals surface area contributed by atoms with E-state index in [0.29, 0.717) is 22.9 Å². The lowest BCUT2D eigenvalue weighted by atomic mass is 10.1. The van der Waals surface area contributed by atoms with Crippen LogP contribution in [0.4, 0.5) is 0 Å². The lowest BCUT2D eigenvalue weighted by molar-refractivity contribution is 0.394. The first-order valence-corrected chi connectivity index (χ1v) is 10.5. The Morgan fingerprint density at radius 3 is 2.61 bits per heavy atom. The van der Waals surface area contributed by atoms with E-state index in [4.69, 9.17) is 24.6 Å². The van der Waals surface area contributed by atoms with Crippen LogP contribution in [0, 0.1) is 5.41 Å². The summed E-state index contributed by atoms with van der Waals surface area (Å²) in [4.78, 5) is 13.0. The summed E-state index contributed by atoms with van der Waals surface area (Å²) in [5.74, 6) is 2.31. The van der Waals surface area contributed by atoms with E-state index in [2.05, 4.69) is 9.97 Å². The van der Waals surface area contributed by atoms with Gasteiger partial charge >= 0.3 is 0 Å². The van der Waals surface area contributed by atoms with E-state index in [-0.39, 0.29) is 5.49 Å². The topological polar surface area (TPSA) is 98.0 Å². The summed E-state index contributed by atoms with van der Waals surface area (Å²) in [6, 6.07) is 13.5. The van der Waals surface area contributed by atoms with E-state index >= 15 is 0 Å². The molecule has 0 bridgehead atoms. The largest absolute Gasteiger partial charge is 0.497 e. The van der Waals surface area contributed by atoms with Gasteiger partial charge in [-0.15, -0.1) is 0 Å². The van der Waals surface area contributed by atoms with Gasteiger partial charge < -0.3 is 23.8 Å². The molecular formula is C22H23N5O3S. The SMILES string of the molecule is COc1ccc(OC)c(Sc2nc3c([nH]2)c(=N)ncn3CCc2ccccc2OC)c1. The quantitative estimate of drug-likeness (QED) is 0.437. The third-order valence-electron chi connectivity index (χ3n) is 4.89. The number of ether oxygens (including phenoxy) is 3. The van der Waals surface area contributed by atoms with E-state index in [1.807, 2.05) is 47.0 Å². The third kappa shape index (κ3) is 4.36. The Bertz CT molecular complexity index is 1270. The van der Waals surface area contributed by atoms with Gasteiger partial charge in [-0.2, -0.15) is 0 Å². The molecule has 0 saturated heterocycles. The Hall–Kier alpha value is -3.46. The van der Waals surface area contributed by atoms with Crippen molar-refractivity contribution in [1.29, 1.82) is 5.41 Å². The van der Waals surface area contributed by atoms with E-state index < -0.39 is 0 Å². The molecule has 4 rings (SSSR count). The van der Waals surface area contributed by atoms with Crippen molar-refractivity contribution >= 4 is 22.9 Å². The number of methoxy groups -OCH3 is 3. The molecule has 8 nitrogen and oxygen atoms in total. The number of para-hydroxylation sites is 1. The maximum Gasteiger partial charge on any atom is 0.173 e. The first-order chi connectivity index (χ1) is 15.1. The van der Waals surface area contributed by atoms with E-state index in [9.17, 15) is 0 Å². The standard InChI is InChI=1S/C22H23N5O3S/c1-28-15-8-9-17(30-3)18(12-15)31-22-25-19-20(23)24-13-27(21(19)26-22)11-10-14-6-4-5-7-16(14)29-2/h4-9,12-13,23H,10-11H2,1-3H3,(H,25,26). The predicted molar refractivity (Wildman–Crippen MR) is 118 cm³/mol. The molecule has 0 atom stereocenters. The zero-order chi connectivity index (χ0) is 21.8. The van der Waals surface area contributed by atoms with Crippen LogP contribution in [0.15, 0.2) is 58.8 Å². The number of hydrogen-bond acceptors (Lipinski definition) is 7. The van der Waals surface area contributed by atoms with Crippen LogP contribution < -0.4 is 19.7 Å². The van der Waals surface area contributed by atoms with Crippen LogP contribution >= 0.6 is 11.8 Å². The lowest BCUT2D eigenvalue weighted by Gasteiger charge is -2.10. The van der Waals surface area contributed by atoms with Gasteiger partial charge in [0.05, 0.1) is 32.6 Å². The van der Waals surface area contributed by atoms with Gasteiger partial charge in [-0.25, -0.2) is 9.97 Å². The fourth-order valence-corrected chi connectivity index (χ4v) is 4.21. The second-order valence-electron chi connectivity index (χ2n) is 6.71. The molecule has 0 radical (unpaired) electrons. The molecule has 0 aliphatic carbocycles. The monoisotopic (exact) mass is 437 g/mol. The smallest absolute Gasteiger partial charge is 0.173 e. The highest BCUT2D eigenvalue weighted by Crippen LogP contribution is 2.36. The van der Waals surface area contributed by atoms with E-state index in [1.165, 1.54) is 11.8 Å². The van der Waals surface area contributed by atoms with Gasteiger partial charge in [0.15, 0.2) is 16.3 Å². The number of aromatic amines is 1. The van der Waals surface area contributed by atoms with Crippen LogP contribution in [-0.2, 0) is 13.0 Å². The molecule has 2 N–H and O–H groups in total. The van der Waals surface area contributed by atoms with Crippen LogP contribution in [0.5, 0.6) is 17.2 Å². The molecule has 0 aliphatic heterocycles. The molecule has 2 aromatic heterocycles. The number of benzene rings is 2. The average Bonchev–Trinajstić information content (AvgIpc) is 3.23. The van der Waals surface area contributed by atoms with Crippen LogP contribution in [0.3, 0.4) is 0 Å². The van der Waals surface area contributed by atoms with Crippen molar-refractivity contribution in [1.82, 2.24) is 19.5 Å². The molecule has 2 aromatic carbocycles. The normalized spacial score (nSPS) is 10.9. The van der Waals surface area contributed by atoms with Crippen LogP contribution in [0.1, 0.15) is 5.56 Å². The van der Waals surface area contributed by atoms with Gasteiger partial charge in [0.1, 0.15) is 22.8 Å². The molecule has 9 heteroatoms. The van der Waals surface area contributed by atoms with Crippen molar-refractivity contribution in [2.24, 2.45) is 0 Å². The molecular weight excluding hydrogens is 414 g/mol. The Labute approximate surface area is 183 Å². The van der Waals surface area contributed by atoms with Crippen LogP contribution in [0.2, 0.25) is 0 Å². The van der Waals surface area contributed by atoms with Gasteiger partial charge in [0.2, 0.25) is 0 Å². The molecule has 0 amide bonds. The molecule has 0 saturated carbocycles. The highest BCUT2D eigenvalue weighted by Gasteiger charge is 2.14. The second-order valence-corrected chi connectivity index (χ2v) is 7.74. The maximum absolute atomic E-state index is 8.19. The second kappa shape index (κ2) is 9.13. The lowest BCUT2D eigenvalue weighted by Crippen LogP contribution is -2.13. The van der Waals surface area contributed by atoms with Crippen LogP contribution in [0.25, 0.3) is 11.2 Å². The highest BCUT2D eigenvalue weighted by atomic mass is 32.2. The number of nitrogens with one attached hydrogen (secondary N) is 2. The summed E-state index contributed by atoms with van der Waals surface area (Å²) >= 11 is 1.42. The summed E-state index contributed by atoms with van der Waals surface area (Å²) in [5, 5.41) is 8.83. The van der Waals surface area contributed by atoms with E-state index in [1.54, 1.807) is 27.7 Å². The zero-order valence-electron chi connectivity index (χ0n) is 17.5. The van der Waals surface area contributed by atoms with Crippen molar-refractivity contribution in [3.05, 3.63) is 59.8 Å². The molecule has 2 heterocycles. The molecule has 4 aromatic rings. The summed E-state index contributed by atoms with van der Waals surface area (Å²) < 4.78 is 18.2. The van der Waals surface area contributed by atoms with Gasteiger partial charge in [-0.3, -0.25) is 5.41 Å². The summed E-state index contributed by atoms with van der Waals surface area (Å²) in [7, 11) is 4.92. The molecule has 0 spiro atoms. The number of H-pyrrole nitrogens is 1. The number of nitrogens with zero attached hydrogens (tertiary/aromatic N) is 3. The molecule has 0 unspecified atom stereocenters. The first kappa shape index (κ1) is 20.8. The summed E-state index contributed by atoms with van der Waals surface area (Å²) in [6.07, 6.45) is 2.41. The maximum atomic E-state index is 8.19. The number of fused-ring (bicyclic) bond motifs is 1. The van der Waals surface area contributed by atoms with Crippen molar-refractivity contribution in [2.75, 3.05) is 21.3 Å². The summed E-state index contributed by atoms with van der Waals surface area (Å²) in [6.45, 7) is 0.654. The molecule has 0 fully saturated rings. The summed E-state index contributed by atoms with van der Waals surface area (Å²) in [5.41, 5.74) is 2.53. The Balaban J connectivity index is 1.65. The number of imidazole rings is 1. The van der Waals surface area contributed by atoms with Gasteiger partial charge in [-0.05, 0) is 48.0 Å². The minimum Gasteiger partial charge on any atom is -0.497 e. The molecule has 160 valence electrons. The average molecular weight is 438 g/mol. The first-order valence-electron chi connectivity index (χ1n) is 9.64. The van der Waals surface area contributed by atoms with E-state index in [0.717, 1.165) is 34.1 Å². The Kier molecular flexibility index (Phi) is 6.13. The van der Waals surface area contributed by atoms with Gasteiger partial charge in [0, 0.05) is 6.54 Å².